The third-order valence-corrected chi connectivity index (χ3v) is 5.16. The second kappa shape index (κ2) is 8.21. The maximum atomic E-state index is 12.8. The van der Waals surface area contributed by atoms with E-state index < -0.39 is 5.54 Å². The Bertz CT molecular complexity index is 677. The highest BCUT2D eigenvalue weighted by Crippen LogP contribution is 2.35. The monoisotopic (exact) mass is 338 g/mol. The summed E-state index contributed by atoms with van der Waals surface area (Å²) in [6.45, 7) is 1.67. The van der Waals surface area contributed by atoms with E-state index in [0.29, 0.717) is 0 Å². The number of carbonyl (C=O) groups is 1. The SMILES string of the molecule is CNC(=O)C1(CCCc2ccncc2)CCCN1Cc1ccccn1. The van der Waals surface area contributed by atoms with Crippen molar-refractivity contribution in [2.24, 2.45) is 0 Å². The van der Waals surface area contributed by atoms with Crippen molar-refractivity contribution in [3.63, 3.8) is 0 Å². The Kier molecular flexibility index (Phi) is 5.76. The van der Waals surface area contributed by atoms with Crippen LogP contribution in [0.4, 0.5) is 0 Å². The number of aryl methyl sites for hydroxylation is 1. The van der Waals surface area contributed by atoms with E-state index in [1.807, 2.05) is 48.9 Å². The van der Waals surface area contributed by atoms with Crippen molar-refractivity contribution in [3.8, 4) is 0 Å². The number of nitrogens with one attached hydrogen (secondary N) is 1. The van der Waals surface area contributed by atoms with Gasteiger partial charge in [-0.15, -0.1) is 0 Å². The van der Waals surface area contributed by atoms with Gasteiger partial charge in [0.1, 0.15) is 5.54 Å². The van der Waals surface area contributed by atoms with Gasteiger partial charge in [0.2, 0.25) is 5.91 Å². The van der Waals surface area contributed by atoms with Crippen LogP contribution < -0.4 is 5.32 Å². The molecule has 5 nitrogen and oxygen atoms in total. The predicted octanol–water partition coefficient (Wildman–Crippen LogP) is 2.58. The first kappa shape index (κ1) is 17.5. The van der Waals surface area contributed by atoms with Crippen molar-refractivity contribution in [1.29, 1.82) is 0 Å². The molecule has 1 aliphatic heterocycles. The molecule has 1 fully saturated rings. The number of aromatic nitrogens is 2. The zero-order chi connectivity index (χ0) is 17.5. The molecule has 3 rings (SSSR count). The number of carbonyl (C=O) groups excluding carboxylic acids is 1. The van der Waals surface area contributed by atoms with Crippen LogP contribution in [0.15, 0.2) is 48.9 Å². The lowest BCUT2D eigenvalue weighted by atomic mass is 9.87. The Labute approximate surface area is 149 Å². The predicted molar refractivity (Wildman–Crippen MR) is 97.9 cm³/mol. The van der Waals surface area contributed by atoms with Gasteiger partial charge in [0.15, 0.2) is 0 Å². The van der Waals surface area contributed by atoms with Crippen LogP contribution in [0.1, 0.15) is 36.9 Å². The lowest BCUT2D eigenvalue weighted by Gasteiger charge is -2.37. The Morgan fingerprint density at radius 1 is 1.24 bits per heavy atom. The average molecular weight is 338 g/mol. The number of likely N-dealkylation sites (tertiary alicyclic amines) is 1. The minimum atomic E-state index is -0.417. The quantitative estimate of drug-likeness (QED) is 0.843. The van der Waals surface area contributed by atoms with Gasteiger partial charge in [-0.3, -0.25) is 19.7 Å². The van der Waals surface area contributed by atoms with E-state index in [-0.39, 0.29) is 5.91 Å². The second-order valence-electron chi connectivity index (χ2n) is 6.67. The minimum absolute atomic E-state index is 0.135. The van der Waals surface area contributed by atoms with Crippen LogP contribution in [0.5, 0.6) is 0 Å². The normalized spacial score (nSPS) is 20.5. The van der Waals surface area contributed by atoms with Crippen LogP contribution in [-0.4, -0.2) is 39.9 Å². The van der Waals surface area contributed by atoms with Crippen molar-refractivity contribution in [2.45, 2.75) is 44.2 Å². The van der Waals surface area contributed by atoms with Crippen LogP contribution in [0.25, 0.3) is 0 Å². The molecule has 0 bridgehead atoms. The van der Waals surface area contributed by atoms with Crippen LogP contribution in [0.3, 0.4) is 0 Å². The van der Waals surface area contributed by atoms with Crippen LogP contribution in [0, 0.1) is 0 Å². The number of pyridine rings is 2. The van der Waals surface area contributed by atoms with Crippen molar-refractivity contribution in [1.82, 2.24) is 20.2 Å². The fourth-order valence-corrected chi connectivity index (χ4v) is 3.87. The standard InChI is InChI=1S/C20H26N4O/c1-21-19(25)20(10-4-6-17-8-13-22-14-9-17)11-5-15-24(20)16-18-7-2-3-12-23-18/h2-3,7-9,12-14H,4-6,10-11,15-16H2,1H3,(H,21,25). The minimum Gasteiger partial charge on any atom is -0.358 e. The molecule has 1 saturated heterocycles. The number of rotatable bonds is 7. The zero-order valence-electron chi connectivity index (χ0n) is 14.8. The van der Waals surface area contributed by atoms with E-state index >= 15 is 0 Å². The molecule has 0 saturated carbocycles. The third-order valence-electron chi connectivity index (χ3n) is 5.16. The first-order valence-electron chi connectivity index (χ1n) is 9.01. The molecule has 1 aliphatic rings. The summed E-state index contributed by atoms with van der Waals surface area (Å²) in [5.74, 6) is 0.135. The molecule has 2 aromatic heterocycles. The first-order valence-corrected chi connectivity index (χ1v) is 9.01. The lowest BCUT2D eigenvalue weighted by Crippen LogP contribution is -2.54. The topological polar surface area (TPSA) is 58.1 Å². The summed E-state index contributed by atoms with van der Waals surface area (Å²) < 4.78 is 0. The first-order chi connectivity index (χ1) is 12.2. The van der Waals surface area contributed by atoms with Crippen molar-refractivity contribution in [3.05, 3.63) is 60.2 Å². The van der Waals surface area contributed by atoms with Gasteiger partial charge in [-0.1, -0.05) is 6.07 Å². The summed E-state index contributed by atoms with van der Waals surface area (Å²) in [6, 6.07) is 10.1. The summed E-state index contributed by atoms with van der Waals surface area (Å²) in [5.41, 5.74) is 1.88. The summed E-state index contributed by atoms with van der Waals surface area (Å²) >= 11 is 0. The maximum Gasteiger partial charge on any atom is 0.240 e. The molecule has 5 heteroatoms. The zero-order valence-corrected chi connectivity index (χ0v) is 14.8. The summed E-state index contributed by atoms with van der Waals surface area (Å²) in [5, 5.41) is 2.90. The molecule has 2 aromatic rings. The van der Waals surface area contributed by atoms with E-state index in [9.17, 15) is 4.79 Å². The van der Waals surface area contributed by atoms with Gasteiger partial charge in [0.05, 0.1) is 5.69 Å². The van der Waals surface area contributed by atoms with Gasteiger partial charge in [-0.25, -0.2) is 0 Å². The second-order valence-corrected chi connectivity index (χ2v) is 6.67. The number of likely N-dealkylation sites (N-methyl/N-ethyl adjacent to an activating group) is 1. The molecular weight excluding hydrogens is 312 g/mol. The van der Waals surface area contributed by atoms with Gasteiger partial charge >= 0.3 is 0 Å². The smallest absolute Gasteiger partial charge is 0.240 e. The Balaban J connectivity index is 1.71. The van der Waals surface area contributed by atoms with E-state index in [1.54, 1.807) is 7.05 Å². The highest BCUT2D eigenvalue weighted by molar-refractivity contribution is 5.86. The fourth-order valence-electron chi connectivity index (χ4n) is 3.87. The molecule has 1 amide bonds. The summed E-state index contributed by atoms with van der Waals surface area (Å²) in [6.07, 6.45) is 10.2. The van der Waals surface area contributed by atoms with E-state index in [2.05, 4.69) is 20.2 Å². The molecule has 1 N–H and O–H groups in total. The van der Waals surface area contributed by atoms with Crippen molar-refractivity contribution < 1.29 is 4.79 Å². The molecule has 0 aliphatic carbocycles. The molecule has 3 heterocycles. The Morgan fingerprint density at radius 2 is 2.08 bits per heavy atom. The van der Waals surface area contributed by atoms with Gasteiger partial charge in [-0.05, 0) is 68.5 Å². The molecule has 1 atom stereocenters. The van der Waals surface area contributed by atoms with Crippen molar-refractivity contribution >= 4 is 5.91 Å². The molecule has 1 unspecified atom stereocenters. The van der Waals surface area contributed by atoms with E-state index in [0.717, 1.165) is 50.9 Å². The van der Waals surface area contributed by atoms with Crippen LogP contribution in [-0.2, 0) is 17.8 Å². The number of nitrogens with zero attached hydrogens (tertiary/aromatic N) is 3. The molecule has 0 aromatic carbocycles. The maximum absolute atomic E-state index is 12.8. The Morgan fingerprint density at radius 3 is 2.80 bits per heavy atom. The van der Waals surface area contributed by atoms with E-state index in [1.165, 1.54) is 5.56 Å². The Hall–Kier alpha value is -2.27. The summed E-state index contributed by atoms with van der Waals surface area (Å²) in [4.78, 5) is 23.6. The molecule has 0 spiro atoms. The van der Waals surface area contributed by atoms with Gasteiger partial charge in [0.25, 0.3) is 0 Å². The van der Waals surface area contributed by atoms with Gasteiger partial charge in [-0.2, -0.15) is 0 Å². The summed E-state index contributed by atoms with van der Waals surface area (Å²) in [7, 11) is 1.74. The highest BCUT2D eigenvalue weighted by Gasteiger charge is 2.46. The average Bonchev–Trinajstić information content (AvgIpc) is 3.06. The van der Waals surface area contributed by atoms with Crippen LogP contribution >= 0.6 is 0 Å². The van der Waals surface area contributed by atoms with Crippen molar-refractivity contribution in [2.75, 3.05) is 13.6 Å². The van der Waals surface area contributed by atoms with Gasteiger partial charge in [0, 0.05) is 32.2 Å². The molecule has 0 radical (unpaired) electrons. The molecule has 25 heavy (non-hydrogen) atoms. The number of hydrogen-bond donors (Lipinski definition) is 1. The number of hydrogen-bond acceptors (Lipinski definition) is 4. The van der Waals surface area contributed by atoms with Gasteiger partial charge < -0.3 is 5.32 Å². The molecule has 132 valence electrons. The largest absolute Gasteiger partial charge is 0.358 e. The van der Waals surface area contributed by atoms with E-state index in [4.69, 9.17) is 0 Å². The number of amides is 1. The molecular formula is C20H26N4O. The van der Waals surface area contributed by atoms with Crippen LogP contribution in [0.2, 0.25) is 0 Å². The fraction of sp³-hybridized carbons (Fsp3) is 0.450. The third kappa shape index (κ3) is 4.04. The lowest BCUT2D eigenvalue weighted by molar-refractivity contribution is -0.132. The highest BCUT2D eigenvalue weighted by atomic mass is 16.2.